The van der Waals surface area contributed by atoms with Crippen molar-refractivity contribution in [3.05, 3.63) is 35.4 Å². The third kappa shape index (κ3) is 4.38. The first-order valence-electron chi connectivity index (χ1n) is 11.0. The summed E-state index contributed by atoms with van der Waals surface area (Å²) in [6.45, 7) is 4.72. The molecular formula is C22H30N4O5S. The average molecular weight is 463 g/mol. The molecule has 3 fully saturated rings. The van der Waals surface area contributed by atoms with E-state index in [9.17, 15) is 22.8 Å². The van der Waals surface area contributed by atoms with Crippen LogP contribution < -0.4 is 10.6 Å². The van der Waals surface area contributed by atoms with Gasteiger partial charge in [0, 0.05) is 6.04 Å². The van der Waals surface area contributed by atoms with Gasteiger partial charge in [0.25, 0.3) is 5.91 Å². The second-order valence-corrected chi connectivity index (χ2v) is 11.4. The summed E-state index contributed by atoms with van der Waals surface area (Å²) in [4.78, 5) is 41.4. The molecule has 9 nitrogen and oxygen atoms in total. The van der Waals surface area contributed by atoms with Crippen molar-refractivity contribution in [2.45, 2.75) is 50.7 Å². The maximum absolute atomic E-state index is 13.1. The number of nitrogens with one attached hydrogen (secondary N) is 2. The second-order valence-electron chi connectivity index (χ2n) is 9.23. The minimum absolute atomic E-state index is 0.0204. The van der Waals surface area contributed by atoms with Crippen LogP contribution in [0, 0.1) is 6.92 Å². The third-order valence-electron chi connectivity index (χ3n) is 6.73. The van der Waals surface area contributed by atoms with Crippen LogP contribution in [0.5, 0.6) is 0 Å². The Kier molecular flexibility index (Phi) is 6.02. The molecule has 4 amide bonds. The van der Waals surface area contributed by atoms with E-state index >= 15 is 0 Å². The number of carbonyl (C=O) groups is 3. The molecule has 0 aliphatic carbocycles. The van der Waals surface area contributed by atoms with Gasteiger partial charge in [-0.15, -0.1) is 0 Å². The monoisotopic (exact) mass is 462 g/mol. The zero-order valence-corrected chi connectivity index (χ0v) is 19.3. The van der Waals surface area contributed by atoms with Crippen LogP contribution in [0.15, 0.2) is 24.3 Å². The van der Waals surface area contributed by atoms with Gasteiger partial charge in [-0.25, -0.2) is 13.2 Å². The Morgan fingerprint density at radius 3 is 2.44 bits per heavy atom. The molecule has 3 aliphatic rings. The molecule has 4 rings (SSSR count). The van der Waals surface area contributed by atoms with E-state index < -0.39 is 45.8 Å². The van der Waals surface area contributed by atoms with Crippen molar-refractivity contribution >= 4 is 27.7 Å². The summed E-state index contributed by atoms with van der Waals surface area (Å²) in [6.07, 6.45) is 3.15. The molecule has 1 aromatic carbocycles. The molecule has 0 saturated carbocycles. The normalized spacial score (nSPS) is 30.4. The topological polar surface area (TPSA) is 116 Å². The van der Waals surface area contributed by atoms with Gasteiger partial charge in [0.2, 0.25) is 5.91 Å². The highest BCUT2D eigenvalue weighted by molar-refractivity contribution is 7.91. The van der Waals surface area contributed by atoms with E-state index in [4.69, 9.17) is 0 Å². The molecule has 3 heterocycles. The minimum atomic E-state index is -3.26. The largest absolute Gasteiger partial charge is 0.349 e. The Labute approximate surface area is 188 Å². The van der Waals surface area contributed by atoms with E-state index in [0.717, 1.165) is 42.8 Å². The predicted octanol–water partition coefficient (Wildman–Crippen LogP) is 0.530. The number of hydrogen-bond donors (Lipinski definition) is 2. The molecule has 0 bridgehead atoms. The molecule has 174 valence electrons. The van der Waals surface area contributed by atoms with Crippen LogP contribution in [-0.4, -0.2) is 79.3 Å². The van der Waals surface area contributed by atoms with Gasteiger partial charge in [-0.1, -0.05) is 36.2 Å². The second kappa shape index (κ2) is 8.47. The molecule has 10 heteroatoms. The van der Waals surface area contributed by atoms with E-state index in [-0.39, 0.29) is 17.5 Å². The van der Waals surface area contributed by atoms with Crippen LogP contribution in [0.3, 0.4) is 0 Å². The smallest absolute Gasteiger partial charge is 0.325 e. The Morgan fingerprint density at radius 1 is 1.12 bits per heavy atom. The lowest BCUT2D eigenvalue weighted by atomic mass is 9.91. The summed E-state index contributed by atoms with van der Waals surface area (Å²) in [5.74, 6) is -1.15. The first-order valence-corrected chi connectivity index (χ1v) is 12.9. The molecule has 3 unspecified atom stereocenters. The maximum atomic E-state index is 13.1. The average Bonchev–Trinajstić information content (AvgIpc) is 3.16. The Morgan fingerprint density at radius 2 is 1.78 bits per heavy atom. The lowest BCUT2D eigenvalue weighted by molar-refractivity contribution is -0.135. The molecule has 3 saturated heterocycles. The zero-order valence-electron chi connectivity index (χ0n) is 18.5. The molecule has 1 aromatic rings. The van der Waals surface area contributed by atoms with Crippen molar-refractivity contribution in [1.29, 1.82) is 0 Å². The van der Waals surface area contributed by atoms with Gasteiger partial charge in [0.15, 0.2) is 9.84 Å². The first-order chi connectivity index (χ1) is 15.1. The quantitative estimate of drug-likeness (QED) is 0.617. The van der Waals surface area contributed by atoms with Gasteiger partial charge in [-0.2, -0.15) is 0 Å². The number of likely N-dealkylation sites (tertiary alicyclic amines) is 1. The van der Waals surface area contributed by atoms with E-state index in [1.54, 1.807) is 19.1 Å². The fraction of sp³-hybridized carbons (Fsp3) is 0.591. The number of imide groups is 1. The first kappa shape index (κ1) is 22.7. The Balaban J connectivity index is 1.44. The molecule has 0 radical (unpaired) electrons. The number of amides is 4. The van der Waals surface area contributed by atoms with Gasteiger partial charge < -0.3 is 10.6 Å². The van der Waals surface area contributed by atoms with Crippen LogP contribution >= 0.6 is 0 Å². The summed E-state index contributed by atoms with van der Waals surface area (Å²) < 4.78 is 24.6. The van der Waals surface area contributed by atoms with Crippen molar-refractivity contribution in [1.82, 2.24) is 20.4 Å². The van der Waals surface area contributed by atoms with Gasteiger partial charge >= 0.3 is 6.03 Å². The van der Waals surface area contributed by atoms with E-state index in [1.165, 1.54) is 0 Å². The number of urea groups is 1. The van der Waals surface area contributed by atoms with Crippen molar-refractivity contribution in [2.75, 3.05) is 31.1 Å². The molecule has 32 heavy (non-hydrogen) atoms. The summed E-state index contributed by atoms with van der Waals surface area (Å²) in [5, 5.41) is 5.48. The zero-order chi connectivity index (χ0) is 23.1. The molecule has 3 atom stereocenters. The highest BCUT2D eigenvalue weighted by Crippen LogP contribution is 2.29. The van der Waals surface area contributed by atoms with Gasteiger partial charge in [0.1, 0.15) is 12.1 Å². The summed E-state index contributed by atoms with van der Waals surface area (Å²) in [6, 6.07) is 5.82. The minimum Gasteiger partial charge on any atom is -0.349 e. The SMILES string of the molecule is Cc1ccc(C2(C)NC(=O)N(CC(=O)NC3CS(=O)(=O)CC3N3CCCCC3)C2=O)cc1. The van der Waals surface area contributed by atoms with Crippen molar-refractivity contribution < 1.29 is 22.8 Å². The molecule has 3 aliphatic heterocycles. The Bertz CT molecular complexity index is 1020. The fourth-order valence-corrected chi connectivity index (χ4v) is 6.85. The van der Waals surface area contributed by atoms with Crippen molar-refractivity contribution in [2.24, 2.45) is 0 Å². The predicted molar refractivity (Wildman–Crippen MR) is 119 cm³/mol. The molecule has 0 spiro atoms. The van der Waals surface area contributed by atoms with Gasteiger partial charge in [-0.05, 0) is 45.3 Å². The van der Waals surface area contributed by atoms with Crippen LogP contribution in [0.1, 0.15) is 37.3 Å². The van der Waals surface area contributed by atoms with E-state index in [0.29, 0.717) is 5.56 Å². The van der Waals surface area contributed by atoms with Crippen LogP contribution in [0.2, 0.25) is 0 Å². The van der Waals surface area contributed by atoms with E-state index in [2.05, 4.69) is 15.5 Å². The highest BCUT2D eigenvalue weighted by atomic mass is 32.2. The number of carbonyl (C=O) groups excluding carboxylic acids is 3. The van der Waals surface area contributed by atoms with Gasteiger partial charge in [-0.3, -0.25) is 19.4 Å². The molecular weight excluding hydrogens is 432 g/mol. The number of nitrogens with zero attached hydrogens (tertiary/aromatic N) is 2. The Hall–Kier alpha value is -2.46. The number of aryl methyl sites for hydroxylation is 1. The standard InChI is InChI=1S/C22H30N4O5S/c1-15-6-8-16(9-7-15)22(2)20(28)26(21(29)24-22)12-19(27)23-17-13-32(30,31)14-18(17)25-10-4-3-5-11-25/h6-9,17-18H,3-5,10-14H2,1-2H3,(H,23,27)(H,24,29). The number of hydrogen-bond acceptors (Lipinski definition) is 6. The molecule has 0 aromatic heterocycles. The number of benzene rings is 1. The lowest BCUT2D eigenvalue weighted by Gasteiger charge is -2.35. The van der Waals surface area contributed by atoms with Gasteiger partial charge in [0.05, 0.1) is 17.5 Å². The van der Waals surface area contributed by atoms with Crippen molar-refractivity contribution in [3.8, 4) is 0 Å². The van der Waals surface area contributed by atoms with Crippen LogP contribution in [-0.2, 0) is 25.0 Å². The molecule has 2 N–H and O–H groups in total. The summed E-state index contributed by atoms with van der Waals surface area (Å²) in [7, 11) is -3.26. The van der Waals surface area contributed by atoms with E-state index in [1.807, 2.05) is 19.1 Å². The fourth-order valence-electron chi connectivity index (χ4n) is 4.90. The third-order valence-corrected chi connectivity index (χ3v) is 8.45. The number of sulfone groups is 1. The summed E-state index contributed by atoms with van der Waals surface area (Å²) in [5.41, 5.74) is 0.412. The maximum Gasteiger partial charge on any atom is 0.325 e. The van der Waals surface area contributed by atoms with Crippen LogP contribution in [0.4, 0.5) is 4.79 Å². The number of piperidine rings is 1. The van der Waals surface area contributed by atoms with Crippen molar-refractivity contribution in [3.63, 3.8) is 0 Å². The highest BCUT2D eigenvalue weighted by Gasteiger charge is 2.50. The van der Waals surface area contributed by atoms with Crippen LogP contribution in [0.25, 0.3) is 0 Å². The summed E-state index contributed by atoms with van der Waals surface area (Å²) >= 11 is 0. The lowest BCUT2D eigenvalue weighted by Crippen LogP contribution is -2.54. The number of rotatable bonds is 5.